The molecule has 0 bridgehead atoms. The average molecular weight is 469 g/mol. The molecular formula is C17H28INO6. The molecule has 0 aliphatic carbocycles. The molecular weight excluding hydrogens is 441 g/mol. The molecule has 1 unspecified atom stereocenters. The number of amides is 2. The van der Waals surface area contributed by atoms with E-state index in [2.05, 4.69) is 6.58 Å². The molecule has 0 aliphatic heterocycles. The number of carboxylic acids is 1. The van der Waals surface area contributed by atoms with Crippen LogP contribution in [-0.4, -0.2) is 49.8 Å². The summed E-state index contributed by atoms with van der Waals surface area (Å²) < 4.78 is 11.1. The Morgan fingerprint density at radius 3 is 1.72 bits per heavy atom. The molecule has 2 atom stereocenters. The van der Waals surface area contributed by atoms with Gasteiger partial charge in [0.15, 0.2) is 0 Å². The highest BCUT2D eigenvalue weighted by molar-refractivity contribution is 14.1. The number of alkyl halides is 1. The Kier molecular flexibility index (Phi) is 8.90. The van der Waals surface area contributed by atoms with Gasteiger partial charge in [-0.2, -0.15) is 0 Å². The van der Waals surface area contributed by atoms with Crippen LogP contribution >= 0.6 is 22.6 Å². The Balaban J connectivity index is 5.88. The van der Waals surface area contributed by atoms with Gasteiger partial charge in [0.25, 0.3) is 0 Å². The largest absolute Gasteiger partial charge is 0.481 e. The first-order valence-electron chi connectivity index (χ1n) is 7.90. The third-order valence-electron chi connectivity index (χ3n) is 2.87. The standard InChI is InChI=1S/C17H28INO6/c1-8-12(11(9-10-18)13(20)21)19(14(22)24-16(2,3)4)15(23)25-17(5,6)7/h8,11-12H,1,9-10H2,2-7H3,(H,20,21)/t11-,12?/m0/s1. The van der Waals surface area contributed by atoms with Crippen molar-refractivity contribution in [2.45, 2.75) is 65.2 Å². The lowest BCUT2D eigenvalue weighted by Gasteiger charge is -2.34. The SMILES string of the molecule is C=CC([C@H](CCI)C(=O)O)N(C(=O)OC(C)(C)C)C(=O)OC(C)(C)C. The molecule has 0 spiro atoms. The first-order valence-corrected chi connectivity index (χ1v) is 9.42. The van der Waals surface area contributed by atoms with Crippen molar-refractivity contribution >= 4 is 40.7 Å². The molecule has 0 heterocycles. The van der Waals surface area contributed by atoms with Crippen LogP contribution in [0.5, 0.6) is 0 Å². The van der Waals surface area contributed by atoms with Crippen molar-refractivity contribution in [2.75, 3.05) is 4.43 Å². The highest BCUT2D eigenvalue weighted by Gasteiger charge is 2.41. The number of rotatable bonds is 6. The summed E-state index contributed by atoms with van der Waals surface area (Å²) in [5.41, 5.74) is -1.71. The molecule has 0 aromatic rings. The molecule has 25 heavy (non-hydrogen) atoms. The van der Waals surface area contributed by atoms with Crippen molar-refractivity contribution in [1.29, 1.82) is 0 Å². The van der Waals surface area contributed by atoms with Gasteiger partial charge in [-0.3, -0.25) is 4.79 Å². The third-order valence-corrected chi connectivity index (χ3v) is 3.49. The van der Waals surface area contributed by atoms with Crippen LogP contribution in [0.2, 0.25) is 0 Å². The number of hydrogen-bond acceptors (Lipinski definition) is 5. The van der Waals surface area contributed by atoms with Gasteiger partial charge in [-0.15, -0.1) is 6.58 Å². The molecule has 0 aromatic heterocycles. The van der Waals surface area contributed by atoms with Gasteiger partial charge < -0.3 is 14.6 Å². The topological polar surface area (TPSA) is 93.1 Å². The zero-order valence-corrected chi connectivity index (χ0v) is 17.8. The van der Waals surface area contributed by atoms with E-state index < -0.39 is 41.3 Å². The van der Waals surface area contributed by atoms with Crippen molar-refractivity contribution in [2.24, 2.45) is 5.92 Å². The van der Waals surface area contributed by atoms with E-state index in [4.69, 9.17) is 9.47 Å². The smallest absolute Gasteiger partial charge is 0.420 e. The van der Waals surface area contributed by atoms with Gasteiger partial charge in [0.2, 0.25) is 0 Å². The van der Waals surface area contributed by atoms with Gasteiger partial charge in [-0.25, -0.2) is 14.5 Å². The monoisotopic (exact) mass is 469 g/mol. The molecule has 1 N–H and O–H groups in total. The lowest BCUT2D eigenvalue weighted by Crippen LogP contribution is -2.52. The average Bonchev–Trinajstić information content (AvgIpc) is 2.37. The summed E-state index contributed by atoms with van der Waals surface area (Å²) in [6, 6.07) is -1.09. The number of carbonyl (C=O) groups excluding carboxylic acids is 2. The molecule has 0 rings (SSSR count). The maximum absolute atomic E-state index is 12.6. The maximum atomic E-state index is 12.6. The lowest BCUT2D eigenvalue weighted by atomic mass is 9.96. The summed E-state index contributed by atoms with van der Waals surface area (Å²) in [6.45, 7) is 13.5. The normalized spacial score (nSPS) is 14.2. The summed E-state index contributed by atoms with van der Waals surface area (Å²) in [5, 5.41) is 9.50. The number of ether oxygens (including phenoxy) is 2. The molecule has 0 radical (unpaired) electrons. The van der Waals surface area contributed by atoms with Crippen LogP contribution < -0.4 is 0 Å². The van der Waals surface area contributed by atoms with Crippen molar-refractivity contribution < 1.29 is 29.0 Å². The number of halogens is 1. The van der Waals surface area contributed by atoms with E-state index in [9.17, 15) is 19.5 Å². The zero-order valence-electron chi connectivity index (χ0n) is 15.7. The Morgan fingerprint density at radius 1 is 1.08 bits per heavy atom. The number of imide groups is 1. The Labute approximate surface area is 162 Å². The van der Waals surface area contributed by atoms with Crippen LogP contribution in [0.1, 0.15) is 48.0 Å². The van der Waals surface area contributed by atoms with E-state index in [0.29, 0.717) is 9.33 Å². The van der Waals surface area contributed by atoms with E-state index in [0.717, 1.165) is 0 Å². The van der Waals surface area contributed by atoms with Crippen molar-refractivity contribution in [1.82, 2.24) is 4.90 Å². The number of carbonyl (C=O) groups is 3. The fraction of sp³-hybridized carbons (Fsp3) is 0.706. The van der Waals surface area contributed by atoms with Gasteiger partial charge in [-0.1, -0.05) is 28.7 Å². The summed E-state index contributed by atoms with van der Waals surface area (Å²) in [4.78, 5) is 37.5. The van der Waals surface area contributed by atoms with E-state index in [1.54, 1.807) is 41.5 Å². The molecule has 0 aromatic carbocycles. The number of carboxylic acid groups (broad SMARTS) is 1. The molecule has 8 heteroatoms. The predicted octanol–water partition coefficient (Wildman–Crippen LogP) is 4.24. The van der Waals surface area contributed by atoms with Crippen molar-refractivity contribution in [3.05, 3.63) is 12.7 Å². The summed E-state index contributed by atoms with van der Waals surface area (Å²) in [5.74, 6) is -2.13. The van der Waals surface area contributed by atoms with E-state index in [1.807, 2.05) is 22.6 Å². The van der Waals surface area contributed by atoms with E-state index in [-0.39, 0.29) is 6.42 Å². The van der Waals surface area contributed by atoms with Gasteiger partial charge in [0.1, 0.15) is 11.2 Å². The van der Waals surface area contributed by atoms with E-state index in [1.165, 1.54) is 6.08 Å². The second-order valence-corrected chi connectivity index (χ2v) is 8.56. The van der Waals surface area contributed by atoms with Crippen LogP contribution in [-0.2, 0) is 14.3 Å². The van der Waals surface area contributed by atoms with Crippen LogP contribution in [0.3, 0.4) is 0 Å². The third kappa shape index (κ3) is 8.55. The Hall–Kier alpha value is -1.32. The molecule has 0 saturated carbocycles. The molecule has 2 amide bonds. The highest BCUT2D eigenvalue weighted by Crippen LogP contribution is 2.23. The Morgan fingerprint density at radius 2 is 1.48 bits per heavy atom. The molecule has 0 aliphatic rings. The number of hydrogen-bond donors (Lipinski definition) is 1. The minimum atomic E-state index is -1.13. The van der Waals surface area contributed by atoms with Gasteiger partial charge in [-0.05, 0) is 48.0 Å². The number of nitrogens with zero attached hydrogens (tertiary/aromatic N) is 1. The maximum Gasteiger partial charge on any atom is 0.420 e. The van der Waals surface area contributed by atoms with Crippen LogP contribution in [0.15, 0.2) is 12.7 Å². The molecule has 7 nitrogen and oxygen atoms in total. The van der Waals surface area contributed by atoms with Crippen LogP contribution in [0.4, 0.5) is 9.59 Å². The number of aliphatic carboxylic acids is 1. The van der Waals surface area contributed by atoms with E-state index >= 15 is 0 Å². The first kappa shape index (κ1) is 23.7. The minimum Gasteiger partial charge on any atom is -0.481 e. The minimum absolute atomic E-state index is 0.259. The second-order valence-electron chi connectivity index (χ2n) is 7.48. The van der Waals surface area contributed by atoms with Crippen LogP contribution in [0.25, 0.3) is 0 Å². The fourth-order valence-electron chi connectivity index (χ4n) is 1.95. The summed E-state index contributed by atoms with van der Waals surface area (Å²) in [6.07, 6.45) is -0.411. The Bertz CT molecular complexity index is 478. The molecule has 0 fully saturated rings. The van der Waals surface area contributed by atoms with Gasteiger partial charge >= 0.3 is 18.2 Å². The molecule has 144 valence electrons. The highest BCUT2D eigenvalue weighted by atomic mass is 127. The zero-order chi connectivity index (χ0) is 20.0. The first-order chi connectivity index (χ1) is 11.2. The predicted molar refractivity (Wildman–Crippen MR) is 103 cm³/mol. The van der Waals surface area contributed by atoms with Crippen molar-refractivity contribution in [3.63, 3.8) is 0 Å². The molecule has 0 saturated heterocycles. The fourth-order valence-corrected chi connectivity index (χ4v) is 2.62. The van der Waals surface area contributed by atoms with Crippen molar-refractivity contribution in [3.8, 4) is 0 Å². The summed E-state index contributed by atoms with van der Waals surface area (Å²) in [7, 11) is 0. The quantitative estimate of drug-likeness (QED) is 0.356. The van der Waals surface area contributed by atoms with Gasteiger partial charge in [0, 0.05) is 4.43 Å². The second kappa shape index (κ2) is 9.40. The lowest BCUT2D eigenvalue weighted by molar-refractivity contribution is -0.143. The summed E-state index contributed by atoms with van der Waals surface area (Å²) >= 11 is 2.04. The van der Waals surface area contributed by atoms with Crippen LogP contribution in [0, 0.1) is 5.92 Å². The van der Waals surface area contributed by atoms with Gasteiger partial charge in [0.05, 0.1) is 12.0 Å².